The number of hydrogen-bond donors (Lipinski definition) is 2. The molecule has 0 unspecified atom stereocenters. The van der Waals surface area contributed by atoms with Crippen molar-refractivity contribution >= 4 is 23.5 Å². The molecule has 0 fully saturated rings. The second kappa shape index (κ2) is 2.81. The third-order valence-corrected chi connectivity index (χ3v) is 1.65. The summed E-state index contributed by atoms with van der Waals surface area (Å²) in [6, 6.07) is 0. The second-order valence-electron chi connectivity index (χ2n) is 2.50. The lowest BCUT2D eigenvalue weighted by atomic mass is 10.4. The van der Waals surface area contributed by atoms with E-state index in [4.69, 9.17) is 0 Å². The number of nitrogens with one attached hydrogen (secondary N) is 2. The first-order valence-corrected chi connectivity index (χ1v) is 3.69. The van der Waals surface area contributed by atoms with Gasteiger partial charge in [-0.15, -0.1) is 0 Å². The van der Waals surface area contributed by atoms with E-state index in [1.54, 1.807) is 0 Å². The number of fused-ring (bicyclic) bond motifs is 1. The third kappa shape index (κ3) is 1.22. The minimum Gasteiger partial charge on any atom is -0.342 e. The molecule has 0 radical (unpaired) electrons. The lowest BCUT2D eigenvalue weighted by Gasteiger charge is -1.98. The molecule has 66 valence electrons. The highest BCUT2D eigenvalue weighted by Crippen LogP contribution is 2.11. The maximum Gasteiger partial charge on any atom is 0.231 e. The number of rotatable bonds is 2. The summed E-state index contributed by atoms with van der Waals surface area (Å²) in [5, 5.41) is 2.37. The van der Waals surface area contributed by atoms with Gasteiger partial charge in [-0.2, -0.15) is 4.98 Å². The third-order valence-electron chi connectivity index (χ3n) is 1.65. The van der Waals surface area contributed by atoms with Crippen molar-refractivity contribution in [3.63, 3.8) is 0 Å². The van der Waals surface area contributed by atoms with E-state index >= 15 is 0 Å². The van der Waals surface area contributed by atoms with Crippen LogP contribution in [0.3, 0.4) is 0 Å². The van der Waals surface area contributed by atoms with E-state index in [-0.39, 0.29) is 5.95 Å². The molecule has 6 heteroatoms. The summed E-state index contributed by atoms with van der Waals surface area (Å²) in [4.78, 5) is 25.0. The molecule has 0 saturated heterocycles. The number of carbonyl (C=O) groups is 1. The molecule has 0 aliphatic rings. The van der Waals surface area contributed by atoms with Gasteiger partial charge in [0, 0.05) is 0 Å². The number of nitrogens with zero attached hydrogens (tertiary/aromatic N) is 3. The largest absolute Gasteiger partial charge is 0.342 e. The van der Waals surface area contributed by atoms with Crippen molar-refractivity contribution in [1.29, 1.82) is 0 Å². The number of H-pyrrole nitrogens is 1. The molecule has 0 saturated carbocycles. The van der Waals surface area contributed by atoms with Crippen molar-refractivity contribution < 1.29 is 4.79 Å². The molecule has 2 N–H and O–H groups in total. The molecule has 0 aromatic carbocycles. The van der Waals surface area contributed by atoms with Crippen LogP contribution in [0.15, 0.2) is 6.33 Å². The van der Waals surface area contributed by atoms with Crippen LogP contribution in [-0.2, 0) is 4.79 Å². The highest BCUT2D eigenvalue weighted by atomic mass is 16.1. The molecule has 0 bridgehead atoms. The van der Waals surface area contributed by atoms with Crippen LogP contribution in [0.25, 0.3) is 11.2 Å². The van der Waals surface area contributed by atoms with Gasteiger partial charge in [0.25, 0.3) is 0 Å². The van der Waals surface area contributed by atoms with E-state index in [9.17, 15) is 4.79 Å². The van der Waals surface area contributed by atoms with Crippen molar-refractivity contribution in [3.05, 3.63) is 12.0 Å². The Bertz CT molecular complexity index is 449. The molecule has 2 heterocycles. The Hall–Kier alpha value is -1.98. The predicted octanol–water partition coefficient (Wildman–Crippen LogP) is 0.230. The monoisotopic (exact) mass is 177 g/mol. The van der Waals surface area contributed by atoms with Gasteiger partial charge >= 0.3 is 0 Å². The number of aromatic amines is 1. The summed E-state index contributed by atoms with van der Waals surface area (Å²) in [6.07, 6.45) is 2.07. The Labute approximate surface area is 73.4 Å². The first kappa shape index (κ1) is 7.66. The van der Waals surface area contributed by atoms with Gasteiger partial charge in [-0.1, -0.05) is 0 Å². The minimum atomic E-state index is 0.270. The maximum atomic E-state index is 10.1. The standard InChI is InChI=1S/C7H7N5O/c1-4-5-6(9-2-8-5)12-7(11-4)10-3-13/h2-3H,1H3,(H2,8,9,10,11,12,13). The van der Waals surface area contributed by atoms with Crippen LogP contribution in [0.4, 0.5) is 5.95 Å². The van der Waals surface area contributed by atoms with Gasteiger partial charge in [0.15, 0.2) is 5.65 Å². The smallest absolute Gasteiger partial charge is 0.231 e. The van der Waals surface area contributed by atoms with Gasteiger partial charge in [0.05, 0.1) is 12.0 Å². The number of aryl methyl sites for hydroxylation is 1. The Morgan fingerprint density at radius 1 is 1.54 bits per heavy atom. The fourth-order valence-electron chi connectivity index (χ4n) is 1.10. The van der Waals surface area contributed by atoms with Crippen LogP contribution in [0, 0.1) is 6.92 Å². The van der Waals surface area contributed by atoms with E-state index in [0.29, 0.717) is 12.1 Å². The van der Waals surface area contributed by atoms with Crippen LogP contribution < -0.4 is 5.32 Å². The Balaban J connectivity index is 2.62. The number of hydrogen-bond acceptors (Lipinski definition) is 4. The van der Waals surface area contributed by atoms with Crippen molar-refractivity contribution in [3.8, 4) is 0 Å². The van der Waals surface area contributed by atoms with E-state index in [1.807, 2.05) is 6.92 Å². The summed E-state index contributed by atoms with van der Waals surface area (Å²) in [7, 11) is 0. The molecule has 0 aliphatic carbocycles. The van der Waals surface area contributed by atoms with Crippen LogP contribution >= 0.6 is 0 Å². The number of imidazole rings is 1. The zero-order chi connectivity index (χ0) is 9.26. The Morgan fingerprint density at radius 2 is 2.38 bits per heavy atom. The average molecular weight is 177 g/mol. The molecule has 1 amide bonds. The van der Waals surface area contributed by atoms with Gasteiger partial charge < -0.3 is 4.98 Å². The molecule has 2 rings (SSSR count). The van der Waals surface area contributed by atoms with Crippen molar-refractivity contribution in [2.24, 2.45) is 0 Å². The fourth-order valence-corrected chi connectivity index (χ4v) is 1.10. The van der Waals surface area contributed by atoms with Gasteiger partial charge in [-0.05, 0) is 6.92 Å². The van der Waals surface area contributed by atoms with E-state index in [1.165, 1.54) is 6.33 Å². The Kier molecular flexibility index (Phi) is 1.66. The first-order valence-electron chi connectivity index (χ1n) is 3.69. The number of amides is 1. The maximum absolute atomic E-state index is 10.1. The second-order valence-corrected chi connectivity index (χ2v) is 2.50. The lowest BCUT2D eigenvalue weighted by Crippen LogP contribution is -2.01. The van der Waals surface area contributed by atoms with Crippen molar-refractivity contribution in [2.75, 3.05) is 5.32 Å². The Morgan fingerprint density at radius 3 is 3.15 bits per heavy atom. The first-order chi connectivity index (χ1) is 6.31. The zero-order valence-electron chi connectivity index (χ0n) is 6.90. The number of carbonyl (C=O) groups excluding carboxylic acids is 1. The van der Waals surface area contributed by atoms with E-state index in [2.05, 4.69) is 25.3 Å². The number of anilines is 1. The molecule has 2 aromatic rings. The molecule has 0 spiro atoms. The molecular weight excluding hydrogens is 170 g/mol. The van der Waals surface area contributed by atoms with E-state index < -0.39 is 0 Å². The van der Waals surface area contributed by atoms with Crippen LogP contribution in [0.2, 0.25) is 0 Å². The quantitative estimate of drug-likeness (QED) is 0.643. The topological polar surface area (TPSA) is 83.6 Å². The van der Waals surface area contributed by atoms with Gasteiger partial charge in [0.1, 0.15) is 5.52 Å². The fraction of sp³-hybridized carbons (Fsp3) is 0.143. The molecule has 2 aromatic heterocycles. The summed E-state index contributed by atoms with van der Waals surface area (Å²) in [5.41, 5.74) is 2.10. The number of aromatic nitrogens is 4. The van der Waals surface area contributed by atoms with Crippen molar-refractivity contribution in [2.45, 2.75) is 6.92 Å². The van der Waals surface area contributed by atoms with Gasteiger partial charge in [-0.3, -0.25) is 10.1 Å². The lowest BCUT2D eigenvalue weighted by molar-refractivity contribution is -0.105. The van der Waals surface area contributed by atoms with Crippen LogP contribution in [-0.4, -0.2) is 26.3 Å². The SMILES string of the molecule is Cc1nc(NC=O)nc2nc[nH]c12. The minimum absolute atomic E-state index is 0.270. The highest BCUT2D eigenvalue weighted by Gasteiger charge is 2.04. The normalized spacial score (nSPS) is 10.2. The molecule has 0 aliphatic heterocycles. The summed E-state index contributed by atoms with van der Waals surface area (Å²) < 4.78 is 0. The summed E-state index contributed by atoms with van der Waals surface area (Å²) in [6.45, 7) is 1.82. The molecular formula is C7H7N5O. The highest BCUT2D eigenvalue weighted by molar-refractivity contribution is 5.76. The average Bonchev–Trinajstić information content (AvgIpc) is 2.53. The zero-order valence-corrected chi connectivity index (χ0v) is 6.90. The molecule has 0 atom stereocenters. The van der Waals surface area contributed by atoms with Gasteiger partial charge in [-0.25, -0.2) is 9.97 Å². The molecule has 13 heavy (non-hydrogen) atoms. The molecule has 6 nitrogen and oxygen atoms in total. The van der Waals surface area contributed by atoms with Crippen LogP contribution in [0.5, 0.6) is 0 Å². The predicted molar refractivity (Wildman–Crippen MR) is 46.1 cm³/mol. The van der Waals surface area contributed by atoms with Gasteiger partial charge in [0.2, 0.25) is 12.4 Å². The van der Waals surface area contributed by atoms with Crippen LogP contribution in [0.1, 0.15) is 5.69 Å². The summed E-state index contributed by atoms with van der Waals surface area (Å²) >= 11 is 0. The summed E-state index contributed by atoms with van der Waals surface area (Å²) in [5.74, 6) is 0.270. The van der Waals surface area contributed by atoms with E-state index in [0.717, 1.165) is 11.2 Å². The van der Waals surface area contributed by atoms with Crippen molar-refractivity contribution in [1.82, 2.24) is 19.9 Å².